The van der Waals surface area contributed by atoms with Gasteiger partial charge in [0.2, 0.25) is 5.91 Å². The minimum Gasteiger partial charge on any atom is -0.465 e. The first kappa shape index (κ1) is 24.0. The molecule has 2 aromatic heterocycles. The molecule has 9 heteroatoms. The average molecular weight is 473 g/mol. The van der Waals surface area contributed by atoms with Gasteiger partial charge in [0, 0.05) is 17.5 Å². The summed E-state index contributed by atoms with van der Waals surface area (Å²) >= 11 is 2.68. The van der Waals surface area contributed by atoms with Crippen LogP contribution in [0.2, 0.25) is 0 Å². The molecule has 0 aliphatic carbocycles. The SMILES string of the molecule is CCc1cc(C(=O)OC)c(NC(=O)CSc2nnc(-c3ccc(C(C)(C)C)cc3)n2C)s1. The molecule has 0 saturated carbocycles. The van der Waals surface area contributed by atoms with Crippen molar-refractivity contribution in [3.8, 4) is 11.4 Å². The lowest BCUT2D eigenvalue weighted by Crippen LogP contribution is -2.16. The molecule has 0 spiro atoms. The molecular formula is C23H28N4O3S2. The van der Waals surface area contributed by atoms with Crippen LogP contribution in [-0.4, -0.2) is 39.5 Å². The van der Waals surface area contributed by atoms with Crippen molar-refractivity contribution >= 4 is 40.0 Å². The molecule has 2 heterocycles. The van der Waals surface area contributed by atoms with Gasteiger partial charge in [0.1, 0.15) is 5.00 Å². The summed E-state index contributed by atoms with van der Waals surface area (Å²) in [5.74, 6) is 0.213. The van der Waals surface area contributed by atoms with Gasteiger partial charge in [-0.05, 0) is 23.5 Å². The van der Waals surface area contributed by atoms with E-state index in [1.54, 1.807) is 6.07 Å². The number of benzene rings is 1. The molecule has 0 saturated heterocycles. The number of carbonyl (C=O) groups is 2. The highest BCUT2D eigenvalue weighted by molar-refractivity contribution is 7.99. The van der Waals surface area contributed by atoms with Crippen LogP contribution in [0.25, 0.3) is 11.4 Å². The largest absolute Gasteiger partial charge is 0.465 e. The van der Waals surface area contributed by atoms with Crippen molar-refractivity contribution in [1.29, 1.82) is 0 Å². The van der Waals surface area contributed by atoms with Crippen LogP contribution in [0, 0.1) is 0 Å². The van der Waals surface area contributed by atoms with E-state index in [9.17, 15) is 9.59 Å². The normalized spacial score (nSPS) is 11.4. The fourth-order valence-corrected chi connectivity index (χ4v) is 4.79. The molecule has 0 aliphatic rings. The van der Waals surface area contributed by atoms with Crippen molar-refractivity contribution in [2.45, 2.75) is 44.7 Å². The standard InChI is InChI=1S/C23H28N4O3S2/c1-7-16-12-17(21(29)30-6)20(32-16)24-18(28)13-31-22-26-25-19(27(22)5)14-8-10-15(11-9-14)23(2,3)4/h8-12H,7,13H2,1-6H3,(H,24,28). The molecule has 170 valence electrons. The maximum Gasteiger partial charge on any atom is 0.340 e. The number of hydrogen-bond donors (Lipinski definition) is 1. The second kappa shape index (κ2) is 9.87. The number of amides is 1. The van der Waals surface area contributed by atoms with Crippen LogP contribution < -0.4 is 5.32 Å². The summed E-state index contributed by atoms with van der Waals surface area (Å²) in [4.78, 5) is 25.5. The van der Waals surface area contributed by atoms with E-state index in [1.807, 2.05) is 30.7 Å². The number of rotatable bonds is 7. The lowest BCUT2D eigenvalue weighted by molar-refractivity contribution is -0.113. The van der Waals surface area contributed by atoms with E-state index < -0.39 is 5.97 Å². The first-order valence-corrected chi connectivity index (χ1v) is 12.1. The highest BCUT2D eigenvalue weighted by atomic mass is 32.2. The Balaban J connectivity index is 1.67. The molecule has 7 nitrogen and oxygen atoms in total. The first-order chi connectivity index (χ1) is 15.1. The Hall–Kier alpha value is -2.65. The fraction of sp³-hybridized carbons (Fsp3) is 0.391. The van der Waals surface area contributed by atoms with E-state index in [1.165, 1.54) is 35.8 Å². The molecule has 32 heavy (non-hydrogen) atoms. The minimum atomic E-state index is -0.459. The Bertz CT molecular complexity index is 1110. The quantitative estimate of drug-likeness (QED) is 0.388. The van der Waals surface area contributed by atoms with E-state index in [0.717, 1.165) is 22.7 Å². The molecule has 0 radical (unpaired) electrons. The van der Waals surface area contributed by atoms with Crippen LogP contribution in [0.4, 0.5) is 5.00 Å². The summed E-state index contributed by atoms with van der Waals surface area (Å²) in [5.41, 5.74) is 2.69. The zero-order valence-corrected chi connectivity index (χ0v) is 20.8. The van der Waals surface area contributed by atoms with Gasteiger partial charge in [-0.15, -0.1) is 21.5 Å². The Morgan fingerprint density at radius 3 is 2.47 bits per heavy atom. The number of nitrogens with zero attached hydrogens (tertiary/aromatic N) is 3. The second-order valence-electron chi connectivity index (χ2n) is 8.33. The zero-order valence-electron chi connectivity index (χ0n) is 19.2. The topological polar surface area (TPSA) is 86.1 Å². The van der Waals surface area contributed by atoms with Crippen molar-refractivity contribution in [3.63, 3.8) is 0 Å². The van der Waals surface area contributed by atoms with Crippen LogP contribution in [0.3, 0.4) is 0 Å². The number of aryl methyl sites for hydroxylation is 1. The third-order valence-corrected chi connectivity index (χ3v) is 7.18. The molecular weight excluding hydrogens is 444 g/mol. The van der Waals surface area contributed by atoms with E-state index >= 15 is 0 Å². The molecule has 1 aromatic carbocycles. The van der Waals surface area contributed by atoms with Crippen LogP contribution in [0.5, 0.6) is 0 Å². The number of ether oxygens (including phenoxy) is 1. The van der Waals surface area contributed by atoms with Crippen molar-refractivity contribution < 1.29 is 14.3 Å². The Kier molecular flexibility index (Phi) is 7.40. The van der Waals surface area contributed by atoms with E-state index in [0.29, 0.717) is 15.7 Å². The molecule has 0 aliphatic heterocycles. The van der Waals surface area contributed by atoms with Crippen molar-refractivity contribution in [2.75, 3.05) is 18.2 Å². The van der Waals surface area contributed by atoms with E-state index in [-0.39, 0.29) is 17.1 Å². The highest BCUT2D eigenvalue weighted by Gasteiger charge is 2.19. The third-order valence-electron chi connectivity index (χ3n) is 4.97. The van der Waals surface area contributed by atoms with Gasteiger partial charge in [0.15, 0.2) is 11.0 Å². The predicted octanol–water partition coefficient (Wildman–Crippen LogP) is 4.92. The predicted molar refractivity (Wildman–Crippen MR) is 130 cm³/mol. The van der Waals surface area contributed by atoms with E-state index in [4.69, 9.17) is 4.74 Å². The average Bonchev–Trinajstić information content (AvgIpc) is 3.34. The summed E-state index contributed by atoms with van der Waals surface area (Å²) in [5, 5.41) is 12.5. The number of thiophene rings is 1. The van der Waals surface area contributed by atoms with Crippen LogP contribution in [-0.2, 0) is 28.4 Å². The minimum absolute atomic E-state index is 0.0843. The van der Waals surface area contributed by atoms with Gasteiger partial charge in [-0.25, -0.2) is 4.79 Å². The summed E-state index contributed by atoms with van der Waals surface area (Å²) in [6.07, 6.45) is 0.776. The summed E-state index contributed by atoms with van der Waals surface area (Å²) in [6, 6.07) is 10.1. The number of aromatic nitrogens is 3. The molecule has 3 aromatic rings. The maximum atomic E-state index is 12.5. The van der Waals surface area contributed by atoms with Gasteiger partial charge in [-0.1, -0.05) is 63.7 Å². The number of anilines is 1. The Morgan fingerprint density at radius 1 is 1.19 bits per heavy atom. The Labute approximate surface area is 196 Å². The second-order valence-corrected chi connectivity index (χ2v) is 10.4. The van der Waals surface area contributed by atoms with Gasteiger partial charge >= 0.3 is 5.97 Å². The molecule has 0 bridgehead atoms. The molecule has 0 unspecified atom stereocenters. The Morgan fingerprint density at radius 2 is 1.88 bits per heavy atom. The molecule has 0 fully saturated rings. The van der Waals surface area contributed by atoms with Crippen molar-refractivity contribution in [3.05, 3.63) is 46.3 Å². The van der Waals surface area contributed by atoms with Crippen LogP contribution in [0.1, 0.15) is 48.5 Å². The van der Waals surface area contributed by atoms with Gasteiger partial charge in [0.25, 0.3) is 0 Å². The first-order valence-electron chi connectivity index (χ1n) is 10.3. The number of nitrogens with one attached hydrogen (secondary N) is 1. The van der Waals surface area contributed by atoms with Crippen LogP contribution >= 0.6 is 23.1 Å². The van der Waals surface area contributed by atoms with Gasteiger partial charge in [-0.3, -0.25) is 4.79 Å². The maximum absolute atomic E-state index is 12.5. The smallest absolute Gasteiger partial charge is 0.340 e. The zero-order chi connectivity index (χ0) is 23.5. The lowest BCUT2D eigenvalue weighted by atomic mass is 9.87. The van der Waals surface area contributed by atoms with Gasteiger partial charge < -0.3 is 14.6 Å². The monoisotopic (exact) mass is 472 g/mol. The molecule has 1 amide bonds. The summed E-state index contributed by atoms with van der Waals surface area (Å²) in [6.45, 7) is 8.53. The molecule has 1 N–H and O–H groups in total. The molecule has 0 atom stereocenters. The van der Waals surface area contributed by atoms with Gasteiger partial charge in [0.05, 0.1) is 18.4 Å². The van der Waals surface area contributed by atoms with Gasteiger partial charge in [-0.2, -0.15) is 0 Å². The summed E-state index contributed by atoms with van der Waals surface area (Å²) in [7, 11) is 3.21. The fourth-order valence-electron chi connectivity index (χ4n) is 3.07. The third kappa shape index (κ3) is 5.39. The van der Waals surface area contributed by atoms with Crippen LogP contribution in [0.15, 0.2) is 35.5 Å². The van der Waals surface area contributed by atoms with E-state index in [2.05, 4.69) is 48.4 Å². The number of esters is 1. The highest BCUT2D eigenvalue weighted by Crippen LogP contribution is 2.30. The summed E-state index contributed by atoms with van der Waals surface area (Å²) < 4.78 is 6.70. The number of carbonyl (C=O) groups excluding carboxylic acids is 2. The number of thioether (sulfide) groups is 1. The molecule has 3 rings (SSSR count). The number of hydrogen-bond acceptors (Lipinski definition) is 7. The lowest BCUT2D eigenvalue weighted by Gasteiger charge is -2.19. The number of methoxy groups -OCH3 is 1. The van der Waals surface area contributed by atoms with Crippen molar-refractivity contribution in [2.24, 2.45) is 7.05 Å². The van der Waals surface area contributed by atoms with Crippen molar-refractivity contribution in [1.82, 2.24) is 14.8 Å².